The molecule has 1 aromatic carbocycles. The van der Waals surface area contributed by atoms with Crippen LogP contribution in [0.4, 0.5) is 5.69 Å². The third-order valence-electron chi connectivity index (χ3n) is 1.51. The average Bonchev–Trinajstić information content (AvgIpc) is 2.09. The van der Waals surface area contributed by atoms with E-state index in [2.05, 4.69) is 5.32 Å². The highest BCUT2D eigenvalue weighted by atomic mass is 35.5. The molecule has 0 heterocycles. The van der Waals surface area contributed by atoms with E-state index in [0.29, 0.717) is 18.0 Å². The van der Waals surface area contributed by atoms with Gasteiger partial charge in [0, 0.05) is 6.54 Å². The fraction of sp³-hybridized carbons (Fsp3) is 0.333. The molecule has 1 rings (SSSR count). The molecule has 0 spiro atoms. The van der Waals surface area contributed by atoms with E-state index in [0.717, 1.165) is 5.69 Å². The predicted molar refractivity (Wildman–Crippen MR) is 50.1 cm³/mol. The molecule has 0 bridgehead atoms. The summed E-state index contributed by atoms with van der Waals surface area (Å²) in [7, 11) is 0. The number of nitrogens with one attached hydrogen (secondary N) is 1. The molecule has 65 valence electrons. The van der Waals surface area contributed by atoms with Gasteiger partial charge in [-0.25, -0.2) is 5.11 Å². The maximum atomic E-state index is 10.1. The molecule has 0 amide bonds. The van der Waals surface area contributed by atoms with Crippen LogP contribution in [-0.2, 0) is 5.11 Å². The molecular weight excluding hydrogens is 174 g/mol. The molecule has 0 saturated carbocycles. The van der Waals surface area contributed by atoms with Crippen LogP contribution in [0.3, 0.4) is 0 Å². The van der Waals surface area contributed by atoms with E-state index in [-0.39, 0.29) is 6.61 Å². The summed E-state index contributed by atoms with van der Waals surface area (Å²) >= 11 is 5.86. The summed E-state index contributed by atoms with van der Waals surface area (Å²) in [6, 6.07) is 7.50. The fourth-order valence-electron chi connectivity index (χ4n) is 0.900. The number of benzene rings is 1. The van der Waals surface area contributed by atoms with Crippen molar-refractivity contribution in [1.82, 2.24) is 0 Å². The standard InChI is InChI=1S/C9H11ClNO/c10-8-4-1-2-5-9(8)11-6-3-7-12/h1-2,4-5,11H,3,6-7H2. The highest BCUT2D eigenvalue weighted by molar-refractivity contribution is 6.33. The molecule has 2 nitrogen and oxygen atoms in total. The van der Waals surface area contributed by atoms with Gasteiger partial charge in [0.2, 0.25) is 0 Å². The van der Waals surface area contributed by atoms with Crippen LogP contribution in [-0.4, -0.2) is 13.2 Å². The summed E-state index contributed by atoms with van der Waals surface area (Å²) in [5, 5.41) is 13.9. The third-order valence-corrected chi connectivity index (χ3v) is 1.84. The molecule has 0 aliphatic carbocycles. The zero-order chi connectivity index (χ0) is 8.81. The second kappa shape index (κ2) is 5.01. The number of hydrogen-bond donors (Lipinski definition) is 1. The van der Waals surface area contributed by atoms with Gasteiger partial charge in [0.15, 0.2) is 0 Å². The summed E-state index contributed by atoms with van der Waals surface area (Å²) in [6.07, 6.45) is 0.630. The predicted octanol–water partition coefficient (Wildman–Crippen LogP) is 2.57. The van der Waals surface area contributed by atoms with E-state index in [1.165, 1.54) is 0 Å². The Labute approximate surface area is 77.2 Å². The first-order valence-electron chi connectivity index (χ1n) is 3.91. The maximum Gasteiger partial charge on any atom is 0.0839 e. The van der Waals surface area contributed by atoms with Crippen LogP contribution < -0.4 is 5.32 Å². The zero-order valence-corrected chi connectivity index (χ0v) is 7.47. The van der Waals surface area contributed by atoms with Gasteiger partial charge in [0.1, 0.15) is 0 Å². The first kappa shape index (κ1) is 9.36. The van der Waals surface area contributed by atoms with Gasteiger partial charge in [0.05, 0.1) is 17.3 Å². The molecule has 1 radical (unpaired) electrons. The van der Waals surface area contributed by atoms with Crippen LogP contribution in [0.2, 0.25) is 5.02 Å². The molecule has 0 aromatic heterocycles. The highest BCUT2D eigenvalue weighted by Gasteiger charge is 1.95. The van der Waals surface area contributed by atoms with Crippen molar-refractivity contribution in [1.29, 1.82) is 0 Å². The molecule has 1 aromatic rings. The second-order valence-corrected chi connectivity index (χ2v) is 2.87. The van der Waals surface area contributed by atoms with Crippen molar-refractivity contribution in [2.45, 2.75) is 6.42 Å². The van der Waals surface area contributed by atoms with Crippen LogP contribution in [0.1, 0.15) is 6.42 Å². The lowest BCUT2D eigenvalue weighted by molar-refractivity contribution is 0.192. The minimum atomic E-state index is -0.0442. The summed E-state index contributed by atoms with van der Waals surface area (Å²) in [5.74, 6) is 0. The fourth-order valence-corrected chi connectivity index (χ4v) is 1.10. The van der Waals surface area contributed by atoms with Crippen molar-refractivity contribution in [2.24, 2.45) is 0 Å². The Morgan fingerprint density at radius 1 is 1.33 bits per heavy atom. The summed E-state index contributed by atoms with van der Waals surface area (Å²) < 4.78 is 0. The normalized spacial score (nSPS) is 9.83. The van der Waals surface area contributed by atoms with Gasteiger partial charge in [-0.1, -0.05) is 23.7 Å². The first-order chi connectivity index (χ1) is 5.84. The molecule has 0 aliphatic heterocycles. The van der Waals surface area contributed by atoms with Gasteiger partial charge in [0.25, 0.3) is 0 Å². The van der Waals surface area contributed by atoms with Gasteiger partial charge >= 0.3 is 0 Å². The number of para-hydroxylation sites is 1. The van der Waals surface area contributed by atoms with Crippen molar-refractivity contribution in [3.05, 3.63) is 29.3 Å². The summed E-state index contributed by atoms with van der Waals surface area (Å²) in [4.78, 5) is 0. The van der Waals surface area contributed by atoms with Crippen molar-refractivity contribution in [2.75, 3.05) is 18.5 Å². The Balaban J connectivity index is 2.46. The third kappa shape index (κ3) is 2.72. The average molecular weight is 185 g/mol. The van der Waals surface area contributed by atoms with Crippen LogP contribution >= 0.6 is 11.6 Å². The quantitative estimate of drug-likeness (QED) is 0.717. The van der Waals surface area contributed by atoms with Crippen LogP contribution in [0, 0.1) is 0 Å². The molecule has 3 heteroatoms. The summed E-state index contributed by atoms with van der Waals surface area (Å²) in [5.41, 5.74) is 0.896. The van der Waals surface area contributed by atoms with E-state index >= 15 is 0 Å². The Hall–Kier alpha value is -0.730. The molecular formula is C9H11ClNO. The van der Waals surface area contributed by atoms with Gasteiger partial charge < -0.3 is 5.32 Å². The van der Waals surface area contributed by atoms with E-state index in [1.54, 1.807) is 0 Å². The Kier molecular flexibility index (Phi) is 3.91. The maximum absolute atomic E-state index is 10.1. The first-order valence-corrected chi connectivity index (χ1v) is 4.29. The molecule has 0 saturated heterocycles. The second-order valence-electron chi connectivity index (χ2n) is 2.46. The van der Waals surface area contributed by atoms with Crippen LogP contribution in [0.25, 0.3) is 0 Å². The molecule has 0 aliphatic rings. The lowest BCUT2D eigenvalue weighted by Gasteiger charge is -2.05. The lowest BCUT2D eigenvalue weighted by Crippen LogP contribution is -2.02. The number of halogens is 1. The molecule has 0 unspecified atom stereocenters. The Morgan fingerprint density at radius 3 is 2.75 bits per heavy atom. The minimum Gasteiger partial charge on any atom is -0.384 e. The molecule has 12 heavy (non-hydrogen) atoms. The molecule has 0 fully saturated rings. The van der Waals surface area contributed by atoms with E-state index < -0.39 is 0 Å². The van der Waals surface area contributed by atoms with E-state index in [9.17, 15) is 5.11 Å². The smallest absolute Gasteiger partial charge is 0.0839 e. The Bertz CT molecular complexity index is 240. The van der Waals surface area contributed by atoms with E-state index in [4.69, 9.17) is 11.6 Å². The topological polar surface area (TPSA) is 31.9 Å². The Morgan fingerprint density at radius 2 is 2.08 bits per heavy atom. The zero-order valence-electron chi connectivity index (χ0n) is 6.72. The number of hydrogen-bond acceptors (Lipinski definition) is 1. The van der Waals surface area contributed by atoms with Gasteiger partial charge in [-0.15, -0.1) is 0 Å². The largest absolute Gasteiger partial charge is 0.384 e. The number of anilines is 1. The molecule has 0 atom stereocenters. The van der Waals surface area contributed by atoms with Crippen LogP contribution in [0.15, 0.2) is 24.3 Å². The highest BCUT2D eigenvalue weighted by Crippen LogP contribution is 2.19. The van der Waals surface area contributed by atoms with Crippen molar-refractivity contribution < 1.29 is 5.11 Å². The SMILES string of the molecule is [O]CCCNc1ccccc1Cl. The van der Waals surface area contributed by atoms with Crippen LogP contribution in [0.5, 0.6) is 0 Å². The molecule has 1 N–H and O–H groups in total. The van der Waals surface area contributed by atoms with Gasteiger partial charge in [-0.05, 0) is 18.6 Å². The lowest BCUT2D eigenvalue weighted by atomic mass is 10.3. The van der Waals surface area contributed by atoms with Crippen molar-refractivity contribution >= 4 is 17.3 Å². The van der Waals surface area contributed by atoms with Crippen molar-refractivity contribution in [3.63, 3.8) is 0 Å². The van der Waals surface area contributed by atoms with Gasteiger partial charge in [-0.2, -0.15) is 0 Å². The van der Waals surface area contributed by atoms with Gasteiger partial charge in [-0.3, -0.25) is 0 Å². The van der Waals surface area contributed by atoms with Crippen molar-refractivity contribution in [3.8, 4) is 0 Å². The minimum absolute atomic E-state index is 0.0442. The van der Waals surface area contributed by atoms with E-state index in [1.807, 2.05) is 24.3 Å². The monoisotopic (exact) mass is 184 g/mol. The number of rotatable bonds is 4. The summed E-state index contributed by atoms with van der Waals surface area (Å²) in [6.45, 7) is 0.644.